The van der Waals surface area contributed by atoms with E-state index in [1.165, 1.54) is 64.2 Å². The number of nitrogens with one attached hydrogen (secondary N) is 2. The van der Waals surface area contributed by atoms with Crippen molar-refractivity contribution in [2.24, 2.45) is 47.2 Å². The van der Waals surface area contributed by atoms with Gasteiger partial charge in [0.1, 0.15) is 12.5 Å². The highest BCUT2D eigenvalue weighted by Crippen LogP contribution is 2.49. The van der Waals surface area contributed by atoms with Crippen molar-refractivity contribution in [1.82, 2.24) is 10.6 Å². The maximum Gasteiger partial charge on any atom is 0.108 e. The molecule has 6 N–H and O–H groups in total. The van der Waals surface area contributed by atoms with E-state index in [1.54, 1.807) is 0 Å². The van der Waals surface area contributed by atoms with Gasteiger partial charge < -0.3 is 26.0 Å². The van der Waals surface area contributed by atoms with E-state index >= 15 is 0 Å². The van der Waals surface area contributed by atoms with Crippen LogP contribution in [0.1, 0.15) is 90.4 Å². The van der Waals surface area contributed by atoms with Crippen LogP contribution in [-0.4, -0.2) is 54.0 Å². The number of ether oxygens (including phenoxy) is 1. The van der Waals surface area contributed by atoms with Crippen LogP contribution in [-0.2, 0) is 4.74 Å². The van der Waals surface area contributed by atoms with E-state index in [9.17, 15) is 10.2 Å². The number of piperidine rings is 1. The first-order chi connectivity index (χ1) is 16.5. The summed E-state index contributed by atoms with van der Waals surface area (Å²) < 4.78 is 5.94. The summed E-state index contributed by atoms with van der Waals surface area (Å²) in [4.78, 5) is 0. The Morgan fingerprint density at radius 3 is 2.35 bits per heavy atom. The minimum atomic E-state index is -0.805. The van der Waals surface area contributed by atoms with Crippen LogP contribution in [0.25, 0.3) is 0 Å². The van der Waals surface area contributed by atoms with Crippen molar-refractivity contribution in [3.8, 4) is 0 Å². The normalized spacial score (nSPS) is 49.1. The lowest BCUT2D eigenvalue weighted by molar-refractivity contribution is -0.0562. The molecule has 0 spiro atoms. The molecule has 1 saturated heterocycles. The Morgan fingerprint density at radius 2 is 1.59 bits per heavy atom. The second kappa shape index (κ2) is 11.0. The van der Waals surface area contributed by atoms with Crippen LogP contribution in [0.5, 0.6) is 0 Å². The van der Waals surface area contributed by atoms with Crippen molar-refractivity contribution in [1.29, 1.82) is 0 Å². The Morgan fingerprint density at radius 1 is 0.853 bits per heavy atom. The Balaban J connectivity index is 1.31. The standard InChI is InChI=1S/C28H51N3O3/c1-16-11-12-18-17(13-16)14-24(26(18)27(29)32)31-28(33)21-15-23(20-8-4-6-10-25(20)34-2)30-22-9-5-3-7-19(21)22/h16-28,30-33H,3-15,29H2,1-2H3/t16?,17?,18-,19?,20-,21?,22?,23?,24?,25?,26?,27?,28?/m0/s1. The van der Waals surface area contributed by atoms with E-state index in [2.05, 4.69) is 17.6 Å². The molecule has 6 nitrogen and oxygen atoms in total. The number of fused-ring (bicyclic) bond motifs is 2. The number of hydrogen-bond acceptors (Lipinski definition) is 6. The van der Waals surface area contributed by atoms with Gasteiger partial charge in [0.05, 0.1) is 6.10 Å². The number of methoxy groups -OCH3 is 1. The number of hydrogen-bond donors (Lipinski definition) is 5. The van der Waals surface area contributed by atoms with Crippen LogP contribution in [0, 0.1) is 41.4 Å². The molecule has 1 aliphatic heterocycles. The topological polar surface area (TPSA) is 99.8 Å². The van der Waals surface area contributed by atoms with Gasteiger partial charge in [0, 0.05) is 43.0 Å². The lowest BCUT2D eigenvalue weighted by Crippen LogP contribution is -2.61. The van der Waals surface area contributed by atoms with Gasteiger partial charge in [-0.1, -0.05) is 39.0 Å². The molecule has 0 aromatic rings. The summed E-state index contributed by atoms with van der Waals surface area (Å²) in [5.74, 6) is 3.28. The van der Waals surface area contributed by atoms with Crippen molar-refractivity contribution < 1.29 is 14.9 Å². The Labute approximate surface area is 207 Å². The van der Waals surface area contributed by atoms with E-state index in [-0.39, 0.29) is 17.9 Å². The molecule has 5 fully saturated rings. The van der Waals surface area contributed by atoms with E-state index in [0.717, 1.165) is 25.2 Å². The van der Waals surface area contributed by atoms with Crippen LogP contribution >= 0.6 is 0 Å². The van der Waals surface area contributed by atoms with E-state index < -0.39 is 12.5 Å². The van der Waals surface area contributed by atoms with Crippen molar-refractivity contribution >= 4 is 0 Å². The van der Waals surface area contributed by atoms with Gasteiger partial charge in [0.25, 0.3) is 0 Å². The van der Waals surface area contributed by atoms with Gasteiger partial charge in [-0.05, 0) is 75.0 Å². The molecule has 0 aromatic carbocycles. The molecule has 0 aromatic heterocycles. The lowest BCUT2D eigenvalue weighted by atomic mass is 9.66. The molecule has 13 atom stereocenters. The SMILES string of the molecule is COC1CCCC[C@H]1C1CC(C(O)NC2CC3CC(C)CC[C@@H]3C2C(N)O)C2CCCCC2N1. The van der Waals surface area contributed by atoms with Gasteiger partial charge in [-0.25, -0.2) is 0 Å². The lowest BCUT2D eigenvalue weighted by Gasteiger charge is -2.51. The molecule has 11 unspecified atom stereocenters. The summed E-state index contributed by atoms with van der Waals surface area (Å²) in [7, 11) is 1.88. The molecule has 1 heterocycles. The van der Waals surface area contributed by atoms with Crippen LogP contribution in [0.4, 0.5) is 0 Å². The fraction of sp³-hybridized carbons (Fsp3) is 1.00. The monoisotopic (exact) mass is 477 g/mol. The Hall–Kier alpha value is -0.240. The van der Waals surface area contributed by atoms with E-state index in [4.69, 9.17) is 10.5 Å². The van der Waals surface area contributed by atoms with Gasteiger partial charge in [-0.2, -0.15) is 0 Å². The van der Waals surface area contributed by atoms with Gasteiger partial charge in [0.2, 0.25) is 0 Å². The zero-order valence-corrected chi connectivity index (χ0v) is 21.6. The summed E-state index contributed by atoms with van der Waals surface area (Å²) >= 11 is 0. The fourth-order valence-corrected chi connectivity index (χ4v) is 9.32. The quantitative estimate of drug-likeness (QED) is 0.376. The Kier molecular flexibility index (Phi) is 8.24. The first kappa shape index (κ1) is 25.4. The second-order valence-electron chi connectivity index (χ2n) is 12.8. The minimum absolute atomic E-state index is 0.0584. The van der Waals surface area contributed by atoms with Crippen molar-refractivity contribution in [2.45, 2.75) is 127 Å². The molecule has 196 valence electrons. The highest BCUT2D eigenvalue weighted by Gasteiger charge is 2.50. The molecule has 5 aliphatic rings. The molecule has 5 rings (SSSR count). The third-order valence-electron chi connectivity index (χ3n) is 10.9. The van der Waals surface area contributed by atoms with E-state index in [1.807, 2.05) is 7.11 Å². The zero-order chi connectivity index (χ0) is 23.8. The number of aliphatic hydroxyl groups excluding tert-OH is 2. The van der Waals surface area contributed by atoms with E-state index in [0.29, 0.717) is 41.9 Å². The largest absolute Gasteiger partial charge is 0.381 e. The molecular formula is C28H51N3O3. The first-order valence-corrected chi connectivity index (χ1v) is 14.6. The predicted molar refractivity (Wildman–Crippen MR) is 135 cm³/mol. The van der Waals surface area contributed by atoms with Crippen LogP contribution in [0.15, 0.2) is 0 Å². The van der Waals surface area contributed by atoms with Crippen molar-refractivity contribution in [3.05, 3.63) is 0 Å². The molecule has 0 amide bonds. The minimum Gasteiger partial charge on any atom is -0.381 e. The first-order valence-electron chi connectivity index (χ1n) is 14.6. The zero-order valence-electron chi connectivity index (χ0n) is 21.6. The Bertz CT molecular complexity index is 663. The maximum atomic E-state index is 11.7. The number of nitrogens with two attached hydrogens (primary N) is 1. The highest BCUT2D eigenvalue weighted by molar-refractivity contribution is 5.03. The molecular weight excluding hydrogens is 426 g/mol. The summed E-state index contributed by atoms with van der Waals surface area (Å²) in [5.41, 5.74) is 6.15. The van der Waals surface area contributed by atoms with Gasteiger partial charge in [-0.15, -0.1) is 0 Å². The highest BCUT2D eigenvalue weighted by atomic mass is 16.5. The number of rotatable bonds is 6. The summed E-state index contributed by atoms with van der Waals surface area (Å²) in [5, 5.41) is 30.0. The third kappa shape index (κ3) is 5.10. The fourth-order valence-electron chi connectivity index (χ4n) is 9.32. The van der Waals surface area contributed by atoms with Crippen molar-refractivity contribution in [3.63, 3.8) is 0 Å². The van der Waals surface area contributed by atoms with Crippen molar-refractivity contribution in [2.75, 3.05) is 7.11 Å². The molecule has 6 heteroatoms. The van der Waals surface area contributed by atoms with Gasteiger partial charge >= 0.3 is 0 Å². The average Bonchev–Trinajstić information content (AvgIpc) is 3.20. The van der Waals surface area contributed by atoms with Crippen LogP contribution < -0.4 is 16.4 Å². The summed E-state index contributed by atoms with van der Waals surface area (Å²) in [6, 6.07) is 1.05. The molecule has 0 radical (unpaired) electrons. The summed E-state index contributed by atoms with van der Waals surface area (Å²) in [6.45, 7) is 2.36. The second-order valence-corrected chi connectivity index (χ2v) is 12.8. The molecule has 34 heavy (non-hydrogen) atoms. The average molecular weight is 478 g/mol. The third-order valence-corrected chi connectivity index (χ3v) is 10.9. The molecule has 0 bridgehead atoms. The maximum absolute atomic E-state index is 11.7. The predicted octanol–water partition coefficient (Wildman–Crippen LogP) is 3.35. The van der Waals surface area contributed by atoms with Crippen LogP contribution in [0.2, 0.25) is 0 Å². The molecule has 4 aliphatic carbocycles. The van der Waals surface area contributed by atoms with Gasteiger partial charge in [-0.3, -0.25) is 5.32 Å². The van der Waals surface area contributed by atoms with Gasteiger partial charge in [0.15, 0.2) is 0 Å². The summed E-state index contributed by atoms with van der Waals surface area (Å²) in [6.07, 6.45) is 14.7. The number of aliphatic hydroxyl groups is 2. The molecule has 4 saturated carbocycles. The van der Waals surface area contributed by atoms with Crippen LogP contribution in [0.3, 0.4) is 0 Å². The smallest absolute Gasteiger partial charge is 0.108 e.